The number of thioether (sulfide) groups is 1. The van der Waals surface area contributed by atoms with E-state index in [4.69, 9.17) is 4.74 Å². The Bertz CT molecular complexity index is 1060. The van der Waals surface area contributed by atoms with Crippen LogP contribution in [0.4, 0.5) is 0 Å². The molecule has 0 unspecified atom stereocenters. The summed E-state index contributed by atoms with van der Waals surface area (Å²) in [6.45, 7) is 4.58. The minimum absolute atomic E-state index is 0.0861. The molecule has 1 amide bonds. The van der Waals surface area contributed by atoms with E-state index in [1.54, 1.807) is 19.2 Å². The highest BCUT2D eigenvalue weighted by molar-refractivity contribution is 7.99. The lowest BCUT2D eigenvalue weighted by Gasteiger charge is -2.16. The molecular weight excluding hydrogens is 374 g/mol. The first-order valence-corrected chi connectivity index (χ1v) is 10.1. The lowest BCUT2D eigenvalue weighted by atomic mass is 10.2. The number of methoxy groups -OCH3 is 1. The van der Waals surface area contributed by atoms with Crippen molar-refractivity contribution in [2.45, 2.75) is 25.4 Å². The van der Waals surface area contributed by atoms with Crippen LogP contribution in [-0.2, 0) is 4.79 Å². The zero-order chi connectivity index (χ0) is 20.1. The number of para-hydroxylation sites is 1. The smallest absolute Gasteiger partial charge is 0.266 e. The first-order chi connectivity index (χ1) is 13.5. The van der Waals surface area contributed by atoms with Crippen LogP contribution in [0.1, 0.15) is 18.9 Å². The van der Waals surface area contributed by atoms with Crippen molar-refractivity contribution in [3.63, 3.8) is 0 Å². The summed E-state index contributed by atoms with van der Waals surface area (Å²) < 4.78 is 7.01. The van der Waals surface area contributed by atoms with Gasteiger partial charge in [-0.25, -0.2) is 4.98 Å². The summed E-state index contributed by atoms with van der Waals surface area (Å²) in [6, 6.07) is 12.9. The molecule has 0 atom stereocenters. The van der Waals surface area contributed by atoms with Crippen LogP contribution in [0.5, 0.6) is 5.75 Å². The highest BCUT2D eigenvalue weighted by Crippen LogP contribution is 2.28. The van der Waals surface area contributed by atoms with Gasteiger partial charge in [-0.1, -0.05) is 36.9 Å². The Labute approximate surface area is 167 Å². The lowest BCUT2D eigenvalue weighted by molar-refractivity contribution is -0.118. The molecule has 1 N–H and O–H groups in total. The zero-order valence-corrected chi connectivity index (χ0v) is 17.0. The molecule has 0 bridgehead atoms. The monoisotopic (exact) mass is 397 g/mol. The van der Waals surface area contributed by atoms with Crippen LogP contribution in [0.3, 0.4) is 0 Å². The van der Waals surface area contributed by atoms with Crippen LogP contribution < -0.4 is 15.6 Å². The molecule has 1 aromatic heterocycles. The Hall–Kier alpha value is -2.80. The van der Waals surface area contributed by atoms with Crippen LogP contribution in [0.15, 0.2) is 52.4 Å². The molecule has 0 saturated carbocycles. The van der Waals surface area contributed by atoms with Crippen LogP contribution >= 0.6 is 11.8 Å². The number of carbonyl (C=O) groups is 1. The van der Waals surface area contributed by atoms with Gasteiger partial charge in [0.1, 0.15) is 5.75 Å². The minimum atomic E-state index is -0.189. The average molecular weight is 398 g/mol. The quantitative estimate of drug-likeness (QED) is 0.489. The molecule has 0 aliphatic heterocycles. The van der Waals surface area contributed by atoms with Crippen molar-refractivity contribution < 1.29 is 9.53 Å². The number of ether oxygens (including phenoxy) is 1. The fraction of sp³-hybridized carbons (Fsp3) is 0.286. The summed E-state index contributed by atoms with van der Waals surface area (Å²) in [4.78, 5) is 30.0. The molecule has 0 saturated heterocycles. The summed E-state index contributed by atoms with van der Waals surface area (Å²) >= 11 is 1.24. The molecule has 7 heteroatoms. The van der Waals surface area contributed by atoms with Gasteiger partial charge in [-0.05, 0) is 43.2 Å². The first-order valence-electron chi connectivity index (χ1n) is 9.11. The molecule has 0 spiro atoms. The third kappa shape index (κ3) is 4.20. The number of hydrogen-bond donors (Lipinski definition) is 1. The van der Waals surface area contributed by atoms with Crippen LogP contribution in [0.2, 0.25) is 0 Å². The molecule has 3 aromatic rings. The molecule has 1 heterocycles. The predicted molar refractivity (Wildman–Crippen MR) is 113 cm³/mol. The van der Waals surface area contributed by atoms with E-state index < -0.39 is 0 Å². The second-order valence-electron chi connectivity index (χ2n) is 6.37. The Morgan fingerprint density at radius 2 is 2.04 bits per heavy atom. The first kappa shape index (κ1) is 19.9. The second-order valence-corrected chi connectivity index (χ2v) is 7.31. The van der Waals surface area contributed by atoms with Gasteiger partial charge in [0, 0.05) is 6.54 Å². The number of amides is 1. The van der Waals surface area contributed by atoms with E-state index in [0.717, 1.165) is 12.0 Å². The number of carbonyl (C=O) groups excluding carboxylic acids is 1. The highest BCUT2D eigenvalue weighted by atomic mass is 32.2. The molecule has 0 fully saturated rings. The Kier molecular flexibility index (Phi) is 6.36. The normalized spacial score (nSPS) is 10.8. The van der Waals surface area contributed by atoms with Gasteiger partial charge >= 0.3 is 0 Å². The van der Waals surface area contributed by atoms with Crippen molar-refractivity contribution in [3.05, 3.63) is 58.4 Å². The summed E-state index contributed by atoms with van der Waals surface area (Å²) in [5, 5.41) is 3.82. The number of nitrogens with zero attached hydrogens (tertiary/aromatic N) is 2. The number of benzene rings is 2. The molecule has 0 aliphatic carbocycles. The number of hydrogen-bond acceptors (Lipinski definition) is 5. The Morgan fingerprint density at radius 1 is 1.25 bits per heavy atom. The molecule has 6 nitrogen and oxygen atoms in total. The fourth-order valence-electron chi connectivity index (χ4n) is 2.84. The molecule has 146 valence electrons. The second kappa shape index (κ2) is 8.93. The van der Waals surface area contributed by atoms with Gasteiger partial charge < -0.3 is 10.1 Å². The maximum absolute atomic E-state index is 13.3. The van der Waals surface area contributed by atoms with Crippen molar-refractivity contribution in [3.8, 4) is 11.4 Å². The number of aromatic nitrogens is 2. The summed E-state index contributed by atoms with van der Waals surface area (Å²) in [5.41, 5.74) is 2.02. The standard InChI is InChI=1S/C21H23N3O3S/c1-4-11-22-19(25)13-28-21-23-16-8-6-5-7-15(16)20(26)24(21)17-12-14(2)9-10-18(17)27-3/h5-10,12H,4,11,13H2,1-3H3,(H,22,25). The number of aryl methyl sites for hydroxylation is 1. The molecule has 28 heavy (non-hydrogen) atoms. The van der Waals surface area contributed by atoms with Crippen molar-refractivity contribution in [2.75, 3.05) is 19.4 Å². The van der Waals surface area contributed by atoms with Gasteiger partial charge in [0.15, 0.2) is 5.16 Å². The lowest BCUT2D eigenvalue weighted by Crippen LogP contribution is -2.27. The molecule has 3 rings (SSSR count). The summed E-state index contributed by atoms with van der Waals surface area (Å²) in [6.07, 6.45) is 0.871. The minimum Gasteiger partial charge on any atom is -0.495 e. The maximum atomic E-state index is 13.3. The van der Waals surface area contributed by atoms with Gasteiger partial charge in [-0.15, -0.1) is 0 Å². The number of rotatable bonds is 7. The van der Waals surface area contributed by atoms with E-state index in [2.05, 4.69) is 10.3 Å². The summed E-state index contributed by atoms with van der Waals surface area (Å²) in [7, 11) is 1.57. The maximum Gasteiger partial charge on any atom is 0.266 e. The van der Waals surface area contributed by atoms with E-state index in [0.29, 0.717) is 34.0 Å². The number of fused-ring (bicyclic) bond motifs is 1. The van der Waals surface area contributed by atoms with Crippen molar-refractivity contribution in [2.24, 2.45) is 0 Å². The van der Waals surface area contributed by atoms with E-state index in [1.165, 1.54) is 16.3 Å². The van der Waals surface area contributed by atoms with E-state index >= 15 is 0 Å². The molecular formula is C21H23N3O3S. The Morgan fingerprint density at radius 3 is 2.79 bits per heavy atom. The topological polar surface area (TPSA) is 73.2 Å². The SMILES string of the molecule is CCCNC(=O)CSc1nc2ccccc2c(=O)n1-c1cc(C)ccc1OC. The van der Waals surface area contributed by atoms with Gasteiger partial charge in [0.05, 0.1) is 29.5 Å². The van der Waals surface area contributed by atoms with Crippen LogP contribution in [0.25, 0.3) is 16.6 Å². The molecule has 2 aromatic carbocycles. The van der Waals surface area contributed by atoms with Crippen molar-refractivity contribution in [1.29, 1.82) is 0 Å². The Balaban J connectivity index is 2.14. The number of nitrogens with one attached hydrogen (secondary N) is 1. The van der Waals surface area contributed by atoms with Gasteiger partial charge in [-0.3, -0.25) is 14.2 Å². The van der Waals surface area contributed by atoms with Gasteiger partial charge in [-0.2, -0.15) is 0 Å². The van der Waals surface area contributed by atoms with Gasteiger partial charge in [0.25, 0.3) is 5.56 Å². The highest BCUT2D eigenvalue weighted by Gasteiger charge is 2.17. The van der Waals surface area contributed by atoms with Crippen molar-refractivity contribution in [1.82, 2.24) is 14.9 Å². The predicted octanol–water partition coefficient (Wildman–Crippen LogP) is 3.32. The van der Waals surface area contributed by atoms with E-state index in [1.807, 2.05) is 44.2 Å². The van der Waals surface area contributed by atoms with Gasteiger partial charge in [0.2, 0.25) is 5.91 Å². The molecule has 0 radical (unpaired) electrons. The van der Waals surface area contributed by atoms with Crippen LogP contribution in [0, 0.1) is 6.92 Å². The van der Waals surface area contributed by atoms with E-state index in [9.17, 15) is 9.59 Å². The average Bonchev–Trinajstić information content (AvgIpc) is 2.70. The van der Waals surface area contributed by atoms with Crippen molar-refractivity contribution >= 4 is 28.6 Å². The largest absolute Gasteiger partial charge is 0.495 e. The van der Waals surface area contributed by atoms with Crippen LogP contribution in [-0.4, -0.2) is 34.9 Å². The summed E-state index contributed by atoms with van der Waals surface area (Å²) in [5.74, 6) is 0.665. The fourth-order valence-corrected chi connectivity index (χ4v) is 3.68. The van der Waals surface area contributed by atoms with E-state index in [-0.39, 0.29) is 17.2 Å². The third-order valence-electron chi connectivity index (χ3n) is 4.22. The molecule has 0 aliphatic rings. The zero-order valence-electron chi connectivity index (χ0n) is 16.2. The third-order valence-corrected chi connectivity index (χ3v) is 5.16.